The molecule has 3 rings (SSSR count). The van der Waals surface area contributed by atoms with Crippen molar-refractivity contribution in [3.63, 3.8) is 0 Å². The molecule has 6 nitrogen and oxygen atoms in total. The Morgan fingerprint density at radius 3 is 2.64 bits per heavy atom. The summed E-state index contributed by atoms with van der Waals surface area (Å²) in [6, 6.07) is 16.9. The maximum Gasteiger partial charge on any atom is 0.304 e. The largest absolute Gasteiger partial charge is 0.481 e. The Kier molecular flexibility index (Phi) is 6.10. The van der Waals surface area contributed by atoms with Gasteiger partial charge in [0.05, 0.1) is 37.2 Å². The molecule has 142 valence electrons. The highest BCUT2D eigenvalue weighted by Crippen LogP contribution is 2.34. The molecule has 0 amide bonds. The minimum absolute atomic E-state index is 0.0186. The predicted octanol–water partition coefficient (Wildman–Crippen LogP) is 4.77. The molecule has 0 saturated heterocycles. The van der Waals surface area contributed by atoms with Crippen LogP contribution in [-0.4, -0.2) is 24.8 Å². The van der Waals surface area contributed by atoms with Crippen molar-refractivity contribution in [2.24, 2.45) is 0 Å². The molecule has 28 heavy (non-hydrogen) atoms. The maximum absolute atomic E-state index is 11.2. The lowest BCUT2D eigenvalue weighted by molar-refractivity contribution is -0.137. The van der Waals surface area contributed by atoms with Gasteiger partial charge in [-0.15, -0.1) is 0 Å². The molecular weight excluding hydrogens is 356 g/mol. The first-order valence-corrected chi connectivity index (χ1v) is 8.75. The van der Waals surface area contributed by atoms with E-state index >= 15 is 0 Å². The third-order valence-corrected chi connectivity index (χ3v) is 4.43. The van der Waals surface area contributed by atoms with Crippen LogP contribution in [0.4, 0.5) is 11.4 Å². The van der Waals surface area contributed by atoms with E-state index in [4.69, 9.17) is 14.4 Å². The van der Waals surface area contributed by atoms with E-state index in [2.05, 4.69) is 11.4 Å². The number of rotatable bonds is 8. The smallest absolute Gasteiger partial charge is 0.304 e. The standard InChI is InChI=1S/C22H20N2O4/c1-27-13-18(11-22(25)26)16-4-7-20(17-8-9-28-14-17)21(10-16)24-19-5-2-15(12-23)3-6-19/h2-10,14,18,24H,11,13H2,1H3,(H,25,26)/t18-/m1/s1. The summed E-state index contributed by atoms with van der Waals surface area (Å²) < 4.78 is 10.4. The van der Waals surface area contributed by atoms with Crippen LogP contribution in [0.5, 0.6) is 0 Å². The van der Waals surface area contributed by atoms with Crippen LogP contribution in [0.3, 0.4) is 0 Å². The fourth-order valence-electron chi connectivity index (χ4n) is 3.06. The van der Waals surface area contributed by atoms with Crippen molar-refractivity contribution in [2.75, 3.05) is 19.0 Å². The predicted molar refractivity (Wildman–Crippen MR) is 105 cm³/mol. The monoisotopic (exact) mass is 376 g/mol. The second-order valence-corrected chi connectivity index (χ2v) is 6.38. The van der Waals surface area contributed by atoms with Crippen molar-refractivity contribution in [2.45, 2.75) is 12.3 Å². The topological polar surface area (TPSA) is 95.5 Å². The molecule has 2 aromatic carbocycles. The molecule has 0 unspecified atom stereocenters. The van der Waals surface area contributed by atoms with Crippen LogP contribution in [0.2, 0.25) is 0 Å². The van der Waals surface area contributed by atoms with Gasteiger partial charge in [0.25, 0.3) is 0 Å². The van der Waals surface area contributed by atoms with Gasteiger partial charge in [0.2, 0.25) is 0 Å². The molecule has 0 fully saturated rings. The van der Waals surface area contributed by atoms with Gasteiger partial charge in [0.1, 0.15) is 0 Å². The summed E-state index contributed by atoms with van der Waals surface area (Å²) >= 11 is 0. The van der Waals surface area contributed by atoms with Crippen LogP contribution in [0.1, 0.15) is 23.5 Å². The summed E-state index contributed by atoms with van der Waals surface area (Å²) in [6.07, 6.45) is 3.24. The zero-order chi connectivity index (χ0) is 19.9. The van der Waals surface area contributed by atoms with E-state index in [9.17, 15) is 9.90 Å². The number of aliphatic carboxylic acids is 1. The Balaban J connectivity index is 2.00. The zero-order valence-corrected chi connectivity index (χ0v) is 15.4. The van der Waals surface area contributed by atoms with Gasteiger partial charge < -0.3 is 19.6 Å². The number of carboxylic acid groups (broad SMARTS) is 1. The number of hydrogen-bond donors (Lipinski definition) is 2. The molecule has 6 heteroatoms. The van der Waals surface area contributed by atoms with Gasteiger partial charge >= 0.3 is 5.97 Å². The molecular formula is C22H20N2O4. The third kappa shape index (κ3) is 4.58. The van der Waals surface area contributed by atoms with Gasteiger partial charge in [-0.2, -0.15) is 5.26 Å². The quantitative estimate of drug-likeness (QED) is 0.588. The summed E-state index contributed by atoms with van der Waals surface area (Å²) in [6.45, 7) is 0.313. The number of benzene rings is 2. The zero-order valence-electron chi connectivity index (χ0n) is 15.4. The molecule has 0 spiro atoms. The molecule has 0 aliphatic carbocycles. The molecule has 0 radical (unpaired) electrons. The Hall–Kier alpha value is -3.56. The van der Waals surface area contributed by atoms with Crippen LogP contribution in [-0.2, 0) is 9.53 Å². The van der Waals surface area contributed by atoms with Crippen molar-refractivity contribution in [3.05, 3.63) is 72.2 Å². The normalized spacial score (nSPS) is 11.6. The number of hydrogen-bond acceptors (Lipinski definition) is 5. The van der Waals surface area contributed by atoms with Crippen LogP contribution in [0.15, 0.2) is 65.5 Å². The Bertz CT molecular complexity index is 973. The molecule has 1 atom stereocenters. The third-order valence-electron chi connectivity index (χ3n) is 4.43. The summed E-state index contributed by atoms with van der Waals surface area (Å²) in [5.74, 6) is -1.13. The van der Waals surface area contributed by atoms with Gasteiger partial charge in [-0.05, 0) is 42.0 Å². The first kappa shape index (κ1) is 19.2. The minimum Gasteiger partial charge on any atom is -0.481 e. The number of nitrogens with one attached hydrogen (secondary N) is 1. The first-order chi connectivity index (χ1) is 13.6. The van der Waals surface area contributed by atoms with E-state index in [1.54, 1.807) is 31.8 Å². The van der Waals surface area contributed by atoms with Crippen LogP contribution >= 0.6 is 0 Å². The SMILES string of the molecule is COC[C@@H](CC(=O)O)c1ccc(-c2ccoc2)c(Nc2ccc(C#N)cc2)c1. The molecule has 1 aromatic heterocycles. The molecule has 1 heterocycles. The van der Waals surface area contributed by atoms with E-state index in [1.165, 1.54) is 0 Å². The molecule has 0 aliphatic heterocycles. The lowest BCUT2D eigenvalue weighted by Crippen LogP contribution is -2.12. The summed E-state index contributed by atoms with van der Waals surface area (Å²) in [7, 11) is 1.56. The molecule has 0 saturated carbocycles. The second kappa shape index (κ2) is 8.89. The molecule has 0 aliphatic rings. The van der Waals surface area contributed by atoms with Crippen molar-refractivity contribution in [1.29, 1.82) is 5.26 Å². The first-order valence-electron chi connectivity index (χ1n) is 8.75. The van der Waals surface area contributed by atoms with E-state index in [1.807, 2.05) is 36.4 Å². The highest BCUT2D eigenvalue weighted by atomic mass is 16.5. The van der Waals surface area contributed by atoms with Gasteiger partial charge in [-0.3, -0.25) is 4.79 Å². The highest BCUT2D eigenvalue weighted by molar-refractivity contribution is 5.81. The highest BCUT2D eigenvalue weighted by Gasteiger charge is 2.18. The van der Waals surface area contributed by atoms with Crippen molar-refractivity contribution in [1.82, 2.24) is 0 Å². The number of nitrogens with zero attached hydrogens (tertiary/aromatic N) is 1. The van der Waals surface area contributed by atoms with Crippen molar-refractivity contribution < 1.29 is 19.1 Å². The summed E-state index contributed by atoms with van der Waals surface area (Å²) in [4.78, 5) is 11.2. The molecule has 3 aromatic rings. The van der Waals surface area contributed by atoms with Crippen LogP contribution in [0.25, 0.3) is 11.1 Å². The van der Waals surface area contributed by atoms with Gasteiger partial charge in [0, 0.05) is 35.5 Å². The van der Waals surface area contributed by atoms with E-state index in [0.29, 0.717) is 12.2 Å². The number of carbonyl (C=O) groups is 1. The van der Waals surface area contributed by atoms with Gasteiger partial charge in [-0.25, -0.2) is 0 Å². The van der Waals surface area contributed by atoms with E-state index in [-0.39, 0.29) is 12.3 Å². The average Bonchev–Trinajstić information content (AvgIpc) is 3.22. The van der Waals surface area contributed by atoms with Crippen molar-refractivity contribution >= 4 is 17.3 Å². The Morgan fingerprint density at radius 2 is 2.04 bits per heavy atom. The number of methoxy groups -OCH3 is 1. The van der Waals surface area contributed by atoms with E-state index < -0.39 is 5.97 Å². The number of carboxylic acids is 1. The fraction of sp³-hybridized carbons (Fsp3) is 0.182. The fourth-order valence-corrected chi connectivity index (χ4v) is 3.06. The van der Waals surface area contributed by atoms with Crippen molar-refractivity contribution in [3.8, 4) is 17.2 Å². The van der Waals surface area contributed by atoms with Crippen LogP contribution in [0, 0.1) is 11.3 Å². The van der Waals surface area contributed by atoms with Gasteiger partial charge in [0.15, 0.2) is 0 Å². The number of ether oxygens (including phenoxy) is 1. The number of anilines is 2. The van der Waals surface area contributed by atoms with Gasteiger partial charge in [-0.1, -0.05) is 12.1 Å². The summed E-state index contributed by atoms with van der Waals surface area (Å²) in [5, 5.41) is 21.6. The molecule has 2 N–H and O–H groups in total. The maximum atomic E-state index is 11.2. The summed E-state index contributed by atoms with van der Waals surface area (Å²) in [5.41, 5.74) is 4.92. The Morgan fingerprint density at radius 1 is 1.25 bits per heavy atom. The second-order valence-electron chi connectivity index (χ2n) is 6.38. The lowest BCUT2D eigenvalue weighted by atomic mass is 9.93. The molecule has 0 bridgehead atoms. The van der Waals surface area contributed by atoms with Crippen LogP contribution < -0.4 is 5.32 Å². The number of furan rings is 1. The lowest BCUT2D eigenvalue weighted by Gasteiger charge is -2.18. The number of nitriles is 1. The minimum atomic E-state index is -0.873. The van der Waals surface area contributed by atoms with E-state index in [0.717, 1.165) is 28.1 Å². The average molecular weight is 376 g/mol. The Labute approximate surface area is 163 Å².